The third-order valence-corrected chi connectivity index (χ3v) is 5.97. The number of hydrogen-bond donors (Lipinski definition) is 0. The average Bonchev–Trinajstić information content (AvgIpc) is 3.26. The molecule has 1 heterocycles. The number of rotatable bonds is 3. The second-order valence-electron chi connectivity index (χ2n) is 8.26. The first kappa shape index (κ1) is 18.1. The molecule has 2 aliphatic rings. The number of benzene rings is 2. The largest absolute Gasteiger partial charge is 0.757 e. The maximum Gasteiger partial charge on any atom is 0.335 e. The smallest absolute Gasteiger partial charge is 0.335 e. The molecule has 138 valence electrons. The van der Waals surface area contributed by atoms with E-state index in [0.29, 0.717) is 0 Å². The van der Waals surface area contributed by atoms with Crippen molar-refractivity contribution in [1.82, 2.24) is 0 Å². The van der Waals surface area contributed by atoms with Gasteiger partial charge in [-0.2, -0.15) is 11.1 Å². The average molecular weight is 366 g/mol. The van der Waals surface area contributed by atoms with Gasteiger partial charge in [-0.3, -0.25) is 0 Å². The molecule has 28 heavy (non-hydrogen) atoms. The molecule has 2 aromatic rings. The number of allylic oxidation sites excluding steroid dienone is 1. The van der Waals surface area contributed by atoms with Crippen molar-refractivity contribution >= 4 is 17.3 Å². The normalized spacial score (nSPS) is 21.9. The number of nitrogens with zero attached hydrogens (tertiary/aromatic N) is 4. The first-order valence-corrected chi connectivity index (χ1v) is 9.45. The molecule has 4 rings (SSSR count). The van der Waals surface area contributed by atoms with Crippen LogP contribution in [0.2, 0.25) is 0 Å². The highest BCUT2D eigenvalue weighted by Gasteiger charge is 2.68. The number of hydrogen-bond acceptors (Lipinski definition) is 2. The number of aryl methyl sites for hydroxylation is 2. The van der Waals surface area contributed by atoms with Gasteiger partial charge in [-0.1, -0.05) is 61.4 Å². The SMILES string of the molecule is Cc1ccc(C2=N[N+](C(=C=[N-])C#N)=C(c3ccc(C)cc3)C3C2C3(C)C)cc1. The number of hydrazone groups is 1. The van der Waals surface area contributed by atoms with Crippen molar-refractivity contribution in [3.8, 4) is 6.07 Å². The second kappa shape index (κ2) is 6.41. The van der Waals surface area contributed by atoms with Crippen molar-refractivity contribution in [1.29, 1.82) is 5.26 Å². The molecule has 0 N–H and O–H groups in total. The predicted octanol–water partition coefficient (Wildman–Crippen LogP) is 4.44. The van der Waals surface area contributed by atoms with E-state index in [0.717, 1.165) is 22.6 Å². The van der Waals surface area contributed by atoms with Crippen LogP contribution >= 0.6 is 0 Å². The summed E-state index contributed by atoms with van der Waals surface area (Å²) in [5.41, 5.74) is 6.34. The standard InChI is InChI=1S/C24H22N4/c1-15-5-9-17(10-6-15)22-20-21(24(20,3)4)23(18-11-7-16(2)8-12-18)28(27-22)19(13-25)14-26/h5-12,20-21H,1-4H3. The molecule has 1 fully saturated rings. The van der Waals surface area contributed by atoms with Crippen molar-refractivity contribution < 1.29 is 4.68 Å². The van der Waals surface area contributed by atoms with Gasteiger partial charge in [0.1, 0.15) is 5.71 Å². The zero-order chi connectivity index (χ0) is 20.1. The van der Waals surface area contributed by atoms with Gasteiger partial charge in [-0.05, 0) is 36.1 Å². The molecule has 0 bridgehead atoms. The van der Waals surface area contributed by atoms with Gasteiger partial charge < -0.3 is 5.41 Å². The van der Waals surface area contributed by atoms with Gasteiger partial charge in [0, 0.05) is 22.1 Å². The fourth-order valence-electron chi connectivity index (χ4n) is 4.29. The Labute approximate surface area is 165 Å². The molecule has 4 heteroatoms. The predicted molar refractivity (Wildman–Crippen MR) is 112 cm³/mol. The first-order valence-electron chi connectivity index (χ1n) is 9.45. The van der Waals surface area contributed by atoms with Crippen molar-refractivity contribution in [2.45, 2.75) is 27.7 Å². The molecule has 1 saturated carbocycles. The zero-order valence-electron chi connectivity index (χ0n) is 16.6. The molecule has 0 amide bonds. The van der Waals surface area contributed by atoms with Crippen molar-refractivity contribution in [3.63, 3.8) is 0 Å². The molecule has 0 spiro atoms. The summed E-state index contributed by atoms with van der Waals surface area (Å²) in [6.45, 7) is 8.58. The Morgan fingerprint density at radius 1 is 0.964 bits per heavy atom. The van der Waals surface area contributed by atoms with Crippen LogP contribution in [-0.2, 0) is 0 Å². The van der Waals surface area contributed by atoms with E-state index in [2.05, 4.69) is 69.3 Å². The second-order valence-corrected chi connectivity index (χ2v) is 8.26. The lowest BCUT2D eigenvalue weighted by Gasteiger charge is -2.12. The molecule has 0 saturated heterocycles. The first-order chi connectivity index (χ1) is 13.4. The Morgan fingerprint density at radius 2 is 1.50 bits per heavy atom. The summed E-state index contributed by atoms with van der Waals surface area (Å²) in [7, 11) is 0. The van der Waals surface area contributed by atoms with E-state index in [1.807, 2.05) is 18.9 Å². The highest BCUT2D eigenvalue weighted by molar-refractivity contribution is 6.13. The molecule has 2 atom stereocenters. The summed E-state index contributed by atoms with van der Waals surface area (Å²) in [6.07, 6.45) is 0. The van der Waals surface area contributed by atoms with Crippen LogP contribution in [0.15, 0.2) is 59.3 Å². The Hall–Kier alpha value is -3.28. The third kappa shape index (κ3) is 2.72. The minimum absolute atomic E-state index is 0.00124. The Kier molecular flexibility index (Phi) is 4.14. The van der Waals surface area contributed by atoms with Crippen LogP contribution in [0.3, 0.4) is 0 Å². The highest BCUT2D eigenvalue weighted by atomic mass is 15.4. The van der Waals surface area contributed by atoms with E-state index in [4.69, 9.17) is 5.10 Å². The van der Waals surface area contributed by atoms with Gasteiger partial charge in [0.05, 0.1) is 5.92 Å². The third-order valence-electron chi connectivity index (χ3n) is 5.97. The molecule has 0 radical (unpaired) electrons. The molecule has 0 aromatic heterocycles. The van der Waals surface area contributed by atoms with Crippen LogP contribution in [0.5, 0.6) is 0 Å². The van der Waals surface area contributed by atoms with Gasteiger partial charge in [-0.15, -0.1) is 0 Å². The molecule has 1 aliphatic heterocycles. The molecule has 2 unspecified atom stereocenters. The van der Waals surface area contributed by atoms with E-state index < -0.39 is 0 Å². The minimum atomic E-state index is 0.00124. The van der Waals surface area contributed by atoms with Crippen LogP contribution in [0, 0.1) is 42.4 Å². The van der Waals surface area contributed by atoms with E-state index in [-0.39, 0.29) is 22.9 Å². The minimum Gasteiger partial charge on any atom is -0.757 e. The Morgan fingerprint density at radius 3 is 2.00 bits per heavy atom. The number of fused-ring (bicyclic) bond motifs is 1. The molecule has 4 nitrogen and oxygen atoms in total. The topological polar surface area (TPSA) is 61.5 Å². The summed E-state index contributed by atoms with van der Waals surface area (Å²) >= 11 is 0. The van der Waals surface area contributed by atoms with Gasteiger partial charge in [0.15, 0.2) is 6.07 Å². The lowest BCUT2D eigenvalue weighted by atomic mass is 9.97. The molecule has 2 aromatic carbocycles. The van der Waals surface area contributed by atoms with E-state index in [1.54, 1.807) is 4.68 Å². The summed E-state index contributed by atoms with van der Waals surface area (Å²) in [4.78, 5) is 0. The van der Waals surface area contributed by atoms with Crippen molar-refractivity contribution in [2.75, 3.05) is 0 Å². The highest BCUT2D eigenvalue weighted by Crippen LogP contribution is 2.62. The monoisotopic (exact) mass is 366 g/mol. The maximum absolute atomic E-state index is 9.58. The van der Waals surface area contributed by atoms with E-state index >= 15 is 0 Å². The van der Waals surface area contributed by atoms with Gasteiger partial charge in [0.25, 0.3) is 0 Å². The van der Waals surface area contributed by atoms with Gasteiger partial charge in [0.2, 0.25) is 5.71 Å². The van der Waals surface area contributed by atoms with Crippen LogP contribution in [0.4, 0.5) is 0 Å². The van der Waals surface area contributed by atoms with Crippen LogP contribution in [-0.4, -0.2) is 22.0 Å². The maximum atomic E-state index is 9.58. The van der Waals surface area contributed by atoms with Crippen molar-refractivity contribution in [3.05, 3.63) is 81.9 Å². The van der Waals surface area contributed by atoms with Gasteiger partial charge in [-0.25, -0.2) is 0 Å². The molecular weight excluding hydrogens is 344 g/mol. The lowest BCUT2D eigenvalue weighted by molar-refractivity contribution is -0.476. The fourth-order valence-corrected chi connectivity index (χ4v) is 4.29. The zero-order valence-corrected chi connectivity index (χ0v) is 16.6. The molecular formula is C24H22N4. The Bertz CT molecular complexity index is 1100. The lowest BCUT2D eigenvalue weighted by Crippen LogP contribution is -2.28. The number of nitriles is 1. The van der Waals surface area contributed by atoms with Crippen LogP contribution in [0.1, 0.15) is 36.1 Å². The van der Waals surface area contributed by atoms with E-state index in [1.165, 1.54) is 11.1 Å². The summed E-state index contributed by atoms with van der Waals surface area (Å²) < 4.78 is 1.58. The quantitative estimate of drug-likeness (QED) is 0.450. The Balaban J connectivity index is 1.98. The summed E-state index contributed by atoms with van der Waals surface area (Å²) in [5.74, 6) is 2.51. The summed E-state index contributed by atoms with van der Waals surface area (Å²) in [6, 6.07) is 18.6. The summed E-state index contributed by atoms with van der Waals surface area (Å²) in [5, 5.41) is 24.0. The van der Waals surface area contributed by atoms with E-state index in [9.17, 15) is 10.7 Å². The molecule has 1 aliphatic carbocycles. The fraction of sp³-hybridized carbons (Fsp3) is 0.292. The van der Waals surface area contributed by atoms with Gasteiger partial charge >= 0.3 is 5.70 Å². The van der Waals surface area contributed by atoms with Crippen molar-refractivity contribution in [2.24, 2.45) is 22.4 Å². The van der Waals surface area contributed by atoms with Crippen LogP contribution in [0.25, 0.3) is 5.41 Å². The van der Waals surface area contributed by atoms with Crippen LogP contribution < -0.4 is 0 Å².